The predicted octanol–water partition coefficient (Wildman–Crippen LogP) is 4.23. The summed E-state index contributed by atoms with van der Waals surface area (Å²) in [5.74, 6) is -0.545. The van der Waals surface area contributed by atoms with Gasteiger partial charge in [-0.15, -0.1) is 11.3 Å². The second-order valence-corrected chi connectivity index (χ2v) is 7.59. The van der Waals surface area contributed by atoms with E-state index < -0.39 is 11.3 Å². The molecule has 4 rings (SSSR count). The molecule has 0 radical (unpaired) electrons. The molecule has 7 heteroatoms. The zero-order chi connectivity index (χ0) is 20.4. The summed E-state index contributed by atoms with van der Waals surface area (Å²) in [5, 5.41) is 10.0. The van der Waals surface area contributed by atoms with Crippen LogP contribution in [-0.2, 0) is 0 Å². The van der Waals surface area contributed by atoms with E-state index in [9.17, 15) is 9.59 Å². The number of carbonyl (C=O) groups is 1. The fourth-order valence-corrected chi connectivity index (χ4v) is 3.57. The average Bonchev–Trinajstić information content (AvgIpc) is 3.15. The lowest BCUT2D eigenvalue weighted by molar-refractivity contribution is 0.101. The summed E-state index contributed by atoms with van der Waals surface area (Å²) in [6.45, 7) is 3.74. The summed E-state index contributed by atoms with van der Waals surface area (Å²) in [6.07, 6.45) is 0. The van der Waals surface area contributed by atoms with Crippen molar-refractivity contribution < 1.29 is 4.79 Å². The van der Waals surface area contributed by atoms with Crippen LogP contribution in [0.2, 0.25) is 0 Å². The molecule has 29 heavy (non-hydrogen) atoms. The number of para-hydroxylation sites is 1. The Morgan fingerprint density at radius 3 is 2.41 bits per heavy atom. The lowest BCUT2D eigenvalue weighted by Gasteiger charge is -2.11. The maximum Gasteiger partial charge on any atom is 0.280 e. The highest BCUT2D eigenvalue weighted by molar-refractivity contribution is 7.09. The van der Waals surface area contributed by atoms with Crippen LogP contribution in [-0.4, -0.2) is 20.7 Å². The Bertz CT molecular complexity index is 1230. The van der Waals surface area contributed by atoms with Crippen molar-refractivity contribution in [3.8, 4) is 16.9 Å². The molecule has 6 nitrogen and oxygen atoms in total. The Labute approximate surface area is 171 Å². The molecule has 0 aliphatic rings. The zero-order valence-corrected chi connectivity index (χ0v) is 16.7. The Kier molecular flexibility index (Phi) is 5.05. The lowest BCUT2D eigenvalue weighted by Crippen LogP contribution is -2.26. The number of anilines is 1. The number of nitrogens with zero attached hydrogens (tertiary/aromatic N) is 3. The number of amides is 1. The van der Waals surface area contributed by atoms with Gasteiger partial charge in [0.2, 0.25) is 5.43 Å². The molecule has 0 spiro atoms. The van der Waals surface area contributed by atoms with E-state index in [1.54, 1.807) is 35.1 Å². The van der Waals surface area contributed by atoms with Gasteiger partial charge in [0.15, 0.2) is 5.69 Å². The smallest absolute Gasteiger partial charge is 0.280 e. The normalized spacial score (nSPS) is 10.7. The van der Waals surface area contributed by atoms with Gasteiger partial charge in [0.05, 0.1) is 16.4 Å². The summed E-state index contributed by atoms with van der Waals surface area (Å²) >= 11 is 1.59. The fourth-order valence-electron chi connectivity index (χ4n) is 2.95. The SMILES string of the molecule is Cc1nc(-c2ccc(NC(=O)c3nn(-c4ccccc4)c(C)cc3=O)cc2)cs1. The first-order valence-electron chi connectivity index (χ1n) is 9.01. The van der Waals surface area contributed by atoms with Crippen LogP contribution < -0.4 is 10.7 Å². The Hall–Kier alpha value is -3.58. The van der Waals surface area contributed by atoms with Gasteiger partial charge < -0.3 is 5.32 Å². The number of rotatable bonds is 4. The standard InChI is InChI=1S/C22H18N4O2S/c1-14-12-20(27)21(25-26(14)18-6-4-3-5-7-18)22(28)24-17-10-8-16(9-11-17)19-13-29-15(2)23-19/h3-13H,1-2H3,(H,24,28). The third-order valence-electron chi connectivity index (χ3n) is 4.38. The van der Waals surface area contributed by atoms with Gasteiger partial charge in [0, 0.05) is 28.4 Å². The minimum absolute atomic E-state index is 0.154. The molecule has 0 fully saturated rings. The monoisotopic (exact) mass is 402 g/mol. The lowest BCUT2D eigenvalue weighted by atomic mass is 10.1. The van der Waals surface area contributed by atoms with Gasteiger partial charge in [0.25, 0.3) is 5.91 Å². The molecule has 0 bridgehead atoms. The number of carbonyl (C=O) groups excluding carboxylic acids is 1. The highest BCUT2D eigenvalue weighted by atomic mass is 32.1. The largest absolute Gasteiger partial charge is 0.320 e. The predicted molar refractivity (Wildman–Crippen MR) is 115 cm³/mol. The molecule has 2 heterocycles. The van der Waals surface area contributed by atoms with E-state index >= 15 is 0 Å². The van der Waals surface area contributed by atoms with Gasteiger partial charge in [-0.2, -0.15) is 5.10 Å². The van der Waals surface area contributed by atoms with Gasteiger partial charge in [-0.05, 0) is 38.1 Å². The van der Waals surface area contributed by atoms with Gasteiger partial charge >= 0.3 is 0 Å². The van der Waals surface area contributed by atoms with Crippen LogP contribution in [0.4, 0.5) is 5.69 Å². The van der Waals surface area contributed by atoms with Crippen molar-refractivity contribution in [2.45, 2.75) is 13.8 Å². The second-order valence-electron chi connectivity index (χ2n) is 6.53. The average molecular weight is 402 g/mol. The summed E-state index contributed by atoms with van der Waals surface area (Å²) in [5.41, 5.74) is 3.31. The minimum atomic E-state index is -0.545. The third kappa shape index (κ3) is 4.00. The number of hydrogen-bond donors (Lipinski definition) is 1. The van der Waals surface area contributed by atoms with E-state index in [-0.39, 0.29) is 5.69 Å². The molecule has 4 aromatic rings. The Morgan fingerprint density at radius 2 is 1.76 bits per heavy atom. The fraction of sp³-hybridized carbons (Fsp3) is 0.0909. The van der Waals surface area contributed by atoms with Crippen LogP contribution in [0.1, 0.15) is 21.2 Å². The Morgan fingerprint density at radius 1 is 1.03 bits per heavy atom. The number of benzene rings is 2. The number of nitrogens with one attached hydrogen (secondary N) is 1. The molecule has 2 aromatic heterocycles. The molecule has 1 amide bonds. The molecule has 0 aliphatic carbocycles. The number of thiazole rings is 1. The molecular weight excluding hydrogens is 384 g/mol. The van der Waals surface area contributed by atoms with Crippen molar-refractivity contribution in [2.75, 3.05) is 5.32 Å². The van der Waals surface area contributed by atoms with Gasteiger partial charge in [-0.25, -0.2) is 9.67 Å². The zero-order valence-electron chi connectivity index (χ0n) is 15.9. The van der Waals surface area contributed by atoms with Crippen LogP contribution >= 0.6 is 11.3 Å². The third-order valence-corrected chi connectivity index (χ3v) is 5.15. The number of hydrogen-bond acceptors (Lipinski definition) is 5. The topological polar surface area (TPSA) is 76.9 Å². The number of aryl methyl sites for hydroxylation is 2. The molecule has 0 unspecified atom stereocenters. The maximum atomic E-state index is 12.7. The van der Waals surface area contributed by atoms with Crippen molar-refractivity contribution >= 4 is 22.9 Å². The van der Waals surface area contributed by atoms with E-state index in [1.165, 1.54) is 6.07 Å². The van der Waals surface area contributed by atoms with Gasteiger partial charge in [-0.3, -0.25) is 9.59 Å². The first-order valence-corrected chi connectivity index (χ1v) is 9.89. The van der Waals surface area contributed by atoms with Crippen molar-refractivity contribution in [1.29, 1.82) is 0 Å². The minimum Gasteiger partial charge on any atom is -0.320 e. The Balaban J connectivity index is 1.59. The first-order chi connectivity index (χ1) is 14.0. The van der Waals surface area contributed by atoms with E-state index in [0.29, 0.717) is 11.4 Å². The van der Waals surface area contributed by atoms with Crippen molar-refractivity contribution in [2.24, 2.45) is 0 Å². The van der Waals surface area contributed by atoms with Crippen LogP contribution in [0.15, 0.2) is 70.8 Å². The summed E-state index contributed by atoms with van der Waals surface area (Å²) in [7, 11) is 0. The van der Waals surface area contributed by atoms with E-state index in [1.807, 2.05) is 54.8 Å². The van der Waals surface area contributed by atoms with Gasteiger partial charge in [-0.1, -0.05) is 30.3 Å². The summed E-state index contributed by atoms with van der Waals surface area (Å²) in [4.78, 5) is 29.5. The van der Waals surface area contributed by atoms with Crippen LogP contribution in [0.25, 0.3) is 16.9 Å². The molecule has 2 aromatic carbocycles. The molecular formula is C22H18N4O2S. The number of aromatic nitrogens is 3. The quantitative estimate of drug-likeness (QED) is 0.554. The molecule has 0 atom stereocenters. The van der Waals surface area contributed by atoms with Crippen LogP contribution in [0.3, 0.4) is 0 Å². The van der Waals surface area contributed by atoms with E-state index in [0.717, 1.165) is 22.0 Å². The molecule has 0 saturated heterocycles. The summed E-state index contributed by atoms with van der Waals surface area (Å²) in [6, 6.07) is 18.1. The summed E-state index contributed by atoms with van der Waals surface area (Å²) < 4.78 is 1.59. The second kappa shape index (κ2) is 7.81. The van der Waals surface area contributed by atoms with Crippen molar-refractivity contribution in [1.82, 2.24) is 14.8 Å². The van der Waals surface area contributed by atoms with Crippen LogP contribution in [0, 0.1) is 13.8 Å². The molecule has 1 N–H and O–H groups in total. The van der Waals surface area contributed by atoms with Crippen LogP contribution in [0.5, 0.6) is 0 Å². The van der Waals surface area contributed by atoms with E-state index in [4.69, 9.17) is 0 Å². The van der Waals surface area contributed by atoms with Crippen molar-refractivity contribution in [3.63, 3.8) is 0 Å². The van der Waals surface area contributed by atoms with Crippen molar-refractivity contribution in [3.05, 3.63) is 92.7 Å². The molecule has 144 valence electrons. The maximum absolute atomic E-state index is 12.7. The molecule has 0 saturated carbocycles. The first kappa shape index (κ1) is 18.8. The highest BCUT2D eigenvalue weighted by Gasteiger charge is 2.15. The van der Waals surface area contributed by atoms with Gasteiger partial charge in [0.1, 0.15) is 0 Å². The molecule has 0 aliphatic heterocycles. The highest BCUT2D eigenvalue weighted by Crippen LogP contribution is 2.23. The van der Waals surface area contributed by atoms with E-state index in [2.05, 4.69) is 15.4 Å².